The van der Waals surface area contributed by atoms with Gasteiger partial charge in [-0.25, -0.2) is 14.4 Å². The summed E-state index contributed by atoms with van der Waals surface area (Å²) in [4.78, 5) is 64.6. The zero-order valence-electron chi connectivity index (χ0n) is 23.4. The number of carboxylic acid groups (broad SMARTS) is 1. The molecule has 222 valence electrons. The highest BCUT2D eigenvalue weighted by molar-refractivity contribution is 6.31. The Hall–Kier alpha value is -4.84. The number of imide groups is 1. The number of aromatic nitrogens is 1. The van der Waals surface area contributed by atoms with E-state index in [1.54, 1.807) is 62.4 Å². The molecule has 0 spiro atoms. The highest BCUT2D eigenvalue weighted by Crippen LogP contribution is 2.21. The van der Waals surface area contributed by atoms with Crippen LogP contribution in [-0.2, 0) is 11.3 Å². The van der Waals surface area contributed by atoms with Crippen LogP contribution in [0, 0.1) is 6.92 Å². The van der Waals surface area contributed by atoms with Crippen LogP contribution in [0.1, 0.15) is 43.0 Å². The van der Waals surface area contributed by atoms with Crippen molar-refractivity contribution in [3.8, 4) is 0 Å². The van der Waals surface area contributed by atoms with Gasteiger partial charge in [-0.05, 0) is 44.0 Å². The van der Waals surface area contributed by atoms with Crippen molar-refractivity contribution < 1.29 is 24.3 Å². The Morgan fingerprint density at radius 1 is 0.952 bits per heavy atom. The molecular formula is C29H33ClN6O6. The van der Waals surface area contributed by atoms with Gasteiger partial charge < -0.3 is 30.5 Å². The first-order valence-electron chi connectivity index (χ1n) is 13.2. The van der Waals surface area contributed by atoms with Crippen LogP contribution in [0.15, 0.2) is 65.6 Å². The van der Waals surface area contributed by atoms with Crippen LogP contribution in [0.2, 0.25) is 5.02 Å². The summed E-state index contributed by atoms with van der Waals surface area (Å²) >= 11 is 6.27. The van der Waals surface area contributed by atoms with E-state index in [0.717, 1.165) is 5.56 Å². The lowest BCUT2D eigenvalue weighted by Gasteiger charge is -2.21. The SMILES string of the molecule is CCN(CC)C(=O)NC(=O)Nc1ccn(Cc2ccccc2Cl)c(=O)c1NC(=O)N[C@@H](CC(=O)O)c1ccc(C)cc1. The third-order valence-electron chi connectivity index (χ3n) is 6.39. The molecule has 0 aliphatic rings. The average Bonchev–Trinajstić information content (AvgIpc) is 2.93. The topological polar surface area (TPSA) is 162 Å². The molecule has 42 heavy (non-hydrogen) atoms. The van der Waals surface area contributed by atoms with Gasteiger partial charge in [0.1, 0.15) is 5.69 Å². The van der Waals surface area contributed by atoms with Crippen LogP contribution >= 0.6 is 11.6 Å². The van der Waals surface area contributed by atoms with Gasteiger partial charge in [-0.15, -0.1) is 0 Å². The number of carboxylic acids is 1. The van der Waals surface area contributed by atoms with Crippen LogP contribution in [-0.4, -0.2) is 51.7 Å². The largest absolute Gasteiger partial charge is 0.481 e. The van der Waals surface area contributed by atoms with Gasteiger partial charge in [0.15, 0.2) is 0 Å². The highest BCUT2D eigenvalue weighted by Gasteiger charge is 2.22. The second-order valence-electron chi connectivity index (χ2n) is 9.35. The van der Waals surface area contributed by atoms with Crippen molar-refractivity contribution in [3.05, 3.63) is 92.9 Å². The fraction of sp³-hybridized carbons (Fsp3) is 0.276. The Morgan fingerprint density at radius 2 is 1.62 bits per heavy atom. The van der Waals surface area contributed by atoms with Crippen LogP contribution in [0.5, 0.6) is 0 Å². The number of pyridine rings is 1. The standard InChI is InChI=1S/C29H33ClN6O6/c1-4-35(5-2)29(42)34-28(41)31-22-14-15-36(17-20-8-6-7-9-21(20)30)26(39)25(22)33-27(40)32-23(16-24(37)38)19-12-10-18(3)11-13-19/h6-15,23H,4-5,16-17H2,1-3H3,(H,37,38)(H2,32,33,40)(H2,31,34,41,42)/t23-/m0/s1. The number of benzene rings is 2. The average molecular weight is 597 g/mol. The molecule has 0 aliphatic heterocycles. The summed E-state index contributed by atoms with van der Waals surface area (Å²) in [7, 11) is 0. The third kappa shape index (κ3) is 8.58. The smallest absolute Gasteiger partial charge is 0.327 e. The number of halogens is 1. The Morgan fingerprint density at radius 3 is 2.24 bits per heavy atom. The molecule has 1 atom stereocenters. The van der Waals surface area contributed by atoms with Crippen LogP contribution in [0.25, 0.3) is 0 Å². The fourth-order valence-corrected chi connectivity index (χ4v) is 4.30. The molecule has 0 aliphatic carbocycles. The number of aryl methyl sites for hydroxylation is 1. The molecule has 5 N–H and O–H groups in total. The molecule has 6 amide bonds. The van der Waals surface area contributed by atoms with Crippen LogP contribution in [0.3, 0.4) is 0 Å². The van der Waals surface area contributed by atoms with Gasteiger partial charge in [-0.3, -0.25) is 14.9 Å². The first-order valence-corrected chi connectivity index (χ1v) is 13.6. The lowest BCUT2D eigenvalue weighted by atomic mass is 10.0. The van der Waals surface area contributed by atoms with Crippen molar-refractivity contribution in [2.75, 3.05) is 23.7 Å². The quantitative estimate of drug-likeness (QED) is 0.226. The number of rotatable bonds is 10. The van der Waals surface area contributed by atoms with Gasteiger partial charge in [0.25, 0.3) is 5.56 Å². The minimum atomic E-state index is -1.14. The van der Waals surface area contributed by atoms with E-state index in [1.165, 1.54) is 21.7 Å². The van der Waals surface area contributed by atoms with Crippen LogP contribution in [0.4, 0.5) is 25.8 Å². The summed E-state index contributed by atoms with van der Waals surface area (Å²) in [5, 5.41) is 19.5. The molecule has 0 unspecified atom stereocenters. The van der Waals surface area contributed by atoms with E-state index in [1.807, 2.05) is 6.92 Å². The second-order valence-corrected chi connectivity index (χ2v) is 9.75. The van der Waals surface area contributed by atoms with Crippen molar-refractivity contribution >= 4 is 47.0 Å². The van der Waals surface area contributed by atoms with Crippen molar-refractivity contribution in [3.63, 3.8) is 0 Å². The normalized spacial score (nSPS) is 11.2. The number of hydrogen-bond acceptors (Lipinski definition) is 5. The van der Waals surface area contributed by atoms with Crippen molar-refractivity contribution in [2.24, 2.45) is 0 Å². The van der Waals surface area contributed by atoms with Crippen molar-refractivity contribution in [2.45, 2.75) is 39.8 Å². The lowest BCUT2D eigenvalue weighted by molar-refractivity contribution is -0.137. The molecule has 0 bridgehead atoms. The minimum absolute atomic E-state index is 0.0622. The van der Waals surface area contributed by atoms with E-state index >= 15 is 0 Å². The zero-order chi connectivity index (χ0) is 30.8. The summed E-state index contributed by atoms with van der Waals surface area (Å²) in [6.07, 6.45) is 0.999. The summed E-state index contributed by atoms with van der Waals surface area (Å²) in [6, 6.07) is 12.0. The molecule has 3 rings (SSSR count). The number of nitrogens with one attached hydrogen (secondary N) is 4. The van der Waals surface area contributed by atoms with E-state index in [-0.39, 0.29) is 17.9 Å². The monoisotopic (exact) mass is 596 g/mol. The van der Waals surface area contributed by atoms with E-state index in [2.05, 4.69) is 21.3 Å². The molecule has 0 radical (unpaired) electrons. The zero-order valence-corrected chi connectivity index (χ0v) is 24.2. The summed E-state index contributed by atoms with van der Waals surface area (Å²) in [6.45, 7) is 6.20. The molecule has 1 heterocycles. The van der Waals surface area contributed by atoms with Crippen molar-refractivity contribution in [1.82, 2.24) is 20.1 Å². The number of urea groups is 3. The second kappa shape index (κ2) is 14.7. The summed E-state index contributed by atoms with van der Waals surface area (Å²) < 4.78 is 1.29. The molecule has 1 aromatic heterocycles. The molecule has 0 saturated heterocycles. The van der Waals surface area contributed by atoms with E-state index in [4.69, 9.17) is 11.6 Å². The number of carbonyl (C=O) groups is 4. The van der Waals surface area contributed by atoms with Gasteiger partial charge in [0.05, 0.1) is 24.7 Å². The van der Waals surface area contributed by atoms with E-state index in [0.29, 0.717) is 29.2 Å². The maximum absolute atomic E-state index is 13.6. The number of nitrogens with zero attached hydrogens (tertiary/aromatic N) is 2. The Labute approximate surface area is 247 Å². The Kier molecular flexibility index (Phi) is 11.1. The molecule has 2 aromatic carbocycles. The molecule has 0 fully saturated rings. The molecule has 3 aromatic rings. The number of hydrogen-bond donors (Lipinski definition) is 5. The van der Waals surface area contributed by atoms with Gasteiger partial charge in [-0.1, -0.05) is 59.6 Å². The van der Waals surface area contributed by atoms with Gasteiger partial charge in [-0.2, -0.15) is 0 Å². The molecule has 12 nitrogen and oxygen atoms in total. The number of carbonyl (C=O) groups excluding carboxylic acids is 3. The summed E-state index contributed by atoms with van der Waals surface area (Å²) in [5.41, 5.74) is 1.08. The molecule has 13 heteroatoms. The van der Waals surface area contributed by atoms with Gasteiger partial charge >= 0.3 is 24.1 Å². The Balaban J connectivity index is 1.92. The Bertz CT molecular complexity index is 1500. The first kappa shape index (κ1) is 31.7. The van der Waals surface area contributed by atoms with Crippen LogP contribution < -0.4 is 26.8 Å². The first-order chi connectivity index (χ1) is 20.0. The maximum Gasteiger partial charge on any atom is 0.327 e. The predicted octanol–water partition coefficient (Wildman–Crippen LogP) is 4.78. The van der Waals surface area contributed by atoms with E-state index in [9.17, 15) is 29.1 Å². The number of amides is 6. The third-order valence-corrected chi connectivity index (χ3v) is 6.75. The number of anilines is 2. The lowest BCUT2D eigenvalue weighted by Crippen LogP contribution is -2.44. The van der Waals surface area contributed by atoms with Gasteiger partial charge in [0, 0.05) is 24.3 Å². The fourth-order valence-electron chi connectivity index (χ4n) is 4.11. The highest BCUT2D eigenvalue weighted by atomic mass is 35.5. The minimum Gasteiger partial charge on any atom is -0.481 e. The maximum atomic E-state index is 13.6. The summed E-state index contributed by atoms with van der Waals surface area (Å²) in [5.74, 6) is -1.14. The van der Waals surface area contributed by atoms with Gasteiger partial charge in [0.2, 0.25) is 0 Å². The predicted molar refractivity (Wildman–Crippen MR) is 160 cm³/mol. The molecular weight excluding hydrogens is 564 g/mol. The van der Waals surface area contributed by atoms with E-state index < -0.39 is 42.1 Å². The number of aliphatic carboxylic acids is 1. The molecule has 0 saturated carbocycles. The van der Waals surface area contributed by atoms with Crippen molar-refractivity contribution in [1.29, 1.82) is 0 Å².